The van der Waals surface area contributed by atoms with E-state index in [1.54, 1.807) is 0 Å². The van der Waals surface area contributed by atoms with Gasteiger partial charge in [0.2, 0.25) is 0 Å². The topological polar surface area (TPSA) is 63.6 Å². The maximum atomic E-state index is 12.0. The van der Waals surface area contributed by atoms with Gasteiger partial charge in [-0.2, -0.15) is 0 Å². The van der Waals surface area contributed by atoms with E-state index in [1.807, 2.05) is 6.92 Å². The molecule has 0 bridgehead atoms. The second-order valence-corrected chi connectivity index (χ2v) is 10.3. The predicted octanol–water partition coefficient (Wildman–Crippen LogP) is 9.80. The van der Waals surface area contributed by atoms with Crippen molar-refractivity contribution in [3.05, 3.63) is 12.2 Å². The summed E-state index contributed by atoms with van der Waals surface area (Å²) in [6, 6.07) is 0. The lowest BCUT2D eigenvalue weighted by Gasteiger charge is -2.12. The fourth-order valence-electron chi connectivity index (χ4n) is 4.53. The minimum atomic E-state index is -0.939. The first-order valence-corrected chi connectivity index (χ1v) is 15.1. The molecule has 0 aromatic heterocycles. The number of hydrogen-bond donors (Lipinski definition) is 1. The quantitative estimate of drug-likeness (QED) is 0.0701. The first-order valence-electron chi connectivity index (χ1n) is 15.1. The van der Waals surface area contributed by atoms with Crippen molar-refractivity contribution in [2.75, 3.05) is 6.61 Å². The van der Waals surface area contributed by atoms with Crippen LogP contribution in [0, 0.1) is 5.92 Å². The molecule has 0 aromatic carbocycles. The predicted molar refractivity (Wildman–Crippen MR) is 149 cm³/mol. The third-order valence-electron chi connectivity index (χ3n) is 6.78. The van der Waals surface area contributed by atoms with Crippen molar-refractivity contribution in [2.45, 2.75) is 162 Å². The second-order valence-electron chi connectivity index (χ2n) is 10.3. The van der Waals surface area contributed by atoms with Gasteiger partial charge in [0, 0.05) is 0 Å². The smallest absolute Gasteiger partial charge is 0.309 e. The Morgan fingerprint density at radius 3 is 1.49 bits per heavy atom. The Hall–Kier alpha value is -1.32. The number of esters is 1. The number of carboxylic acids is 1. The van der Waals surface area contributed by atoms with Gasteiger partial charge in [0.25, 0.3) is 0 Å². The highest BCUT2D eigenvalue weighted by Gasteiger charge is 2.22. The summed E-state index contributed by atoms with van der Waals surface area (Å²) in [6.07, 6.45) is 32.3. The summed E-state index contributed by atoms with van der Waals surface area (Å²) in [7, 11) is 0. The van der Waals surface area contributed by atoms with Crippen LogP contribution in [0.5, 0.6) is 0 Å². The van der Waals surface area contributed by atoms with Crippen molar-refractivity contribution in [1.82, 2.24) is 0 Å². The van der Waals surface area contributed by atoms with E-state index in [9.17, 15) is 9.59 Å². The SMILES string of the molecule is CCCCCCCCCCCCCCCCCCCC/C=C/CCC(CC(=O)O)C(=O)OCCC. The van der Waals surface area contributed by atoms with Crippen LogP contribution in [-0.4, -0.2) is 23.7 Å². The Balaban J connectivity index is 3.43. The molecule has 0 aliphatic carbocycles. The monoisotopic (exact) mass is 494 g/mol. The zero-order chi connectivity index (χ0) is 25.8. The lowest BCUT2D eigenvalue weighted by molar-refractivity contribution is -0.153. The third-order valence-corrected chi connectivity index (χ3v) is 6.78. The van der Waals surface area contributed by atoms with Crippen molar-refractivity contribution in [2.24, 2.45) is 5.92 Å². The number of hydrogen-bond acceptors (Lipinski definition) is 3. The Kier molecular flexibility index (Phi) is 26.2. The Bertz CT molecular complexity index is 500. The summed E-state index contributed by atoms with van der Waals surface area (Å²) < 4.78 is 5.13. The molecule has 4 heteroatoms. The molecule has 206 valence electrons. The van der Waals surface area contributed by atoms with Crippen LogP contribution in [0.15, 0.2) is 12.2 Å². The number of ether oxygens (including phenoxy) is 1. The fraction of sp³-hybridized carbons (Fsp3) is 0.871. The molecule has 0 radical (unpaired) electrons. The minimum Gasteiger partial charge on any atom is -0.481 e. The molecule has 0 saturated carbocycles. The minimum absolute atomic E-state index is 0.143. The van der Waals surface area contributed by atoms with Gasteiger partial charge in [-0.25, -0.2) is 0 Å². The lowest BCUT2D eigenvalue weighted by Crippen LogP contribution is -2.21. The first-order chi connectivity index (χ1) is 17.1. The van der Waals surface area contributed by atoms with E-state index in [0.717, 1.165) is 19.3 Å². The van der Waals surface area contributed by atoms with Crippen molar-refractivity contribution in [1.29, 1.82) is 0 Å². The van der Waals surface area contributed by atoms with E-state index in [-0.39, 0.29) is 12.4 Å². The van der Waals surface area contributed by atoms with Crippen molar-refractivity contribution >= 4 is 11.9 Å². The highest BCUT2D eigenvalue weighted by Crippen LogP contribution is 2.16. The number of aliphatic carboxylic acids is 1. The van der Waals surface area contributed by atoms with Gasteiger partial charge in [0.15, 0.2) is 0 Å². The van der Waals surface area contributed by atoms with Gasteiger partial charge in [-0.3, -0.25) is 9.59 Å². The van der Waals surface area contributed by atoms with Crippen LogP contribution in [0.3, 0.4) is 0 Å². The van der Waals surface area contributed by atoms with E-state index in [0.29, 0.717) is 13.0 Å². The Labute approximate surface area is 217 Å². The number of rotatable bonds is 27. The number of carbonyl (C=O) groups excluding carboxylic acids is 1. The average molecular weight is 495 g/mol. The highest BCUT2D eigenvalue weighted by atomic mass is 16.5. The molecule has 1 atom stereocenters. The van der Waals surface area contributed by atoms with Crippen LogP contribution in [0.25, 0.3) is 0 Å². The fourth-order valence-corrected chi connectivity index (χ4v) is 4.53. The Morgan fingerprint density at radius 2 is 1.06 bits per heavy atom. The summed E-state index contributed by atoms with van der Waals surface area (Å²) in [5.74, 6) is -1.84. The molecule has 0 fully saturated rings. The van der Waals surface area contributed by atoms with E-state index < -0.39 is 11.9 Å². The lowest BCUT2D eigenvalue weighted by atomic mass is 9.99. The molecular formula is C31H58O4. The molecule has 0 aliphatic rings. The first kappa shape index (κ1) is 33.7. The van der Waals surface area contributed by atoms with Crippen molar-refractivity contribution in [3.8, 4) is 0 Å². The summed E-state index contributed by atoms with van der Waals surface area (Å²) in [5.41, 5.74) is 0. The molecule has 0 saturated heterocycles. The maximum Gasteiger partial charge on any atom is 0.309 e. The summed E-state index contributed by atoms with van der Waals surface area (Å²) in [4.78, 5) is 23.0. The van der Waals surface area contributed by atoms with Gasteiger partial charge >= 0.3 is 11.9 Å². The maximum absolute atomic E-state index is 12.0. The summed E-state index contributed by atoms with van der Waals surface area (Å²) in [6.45, 7) is 4.58. The highest BCUT2D eigenvalue weighted by molar-refractivity contribution is 5.79. The summed E-state index contributed by atoms with van der Waals surface area (Å²) in [5, 5.41) is 9.01. The second kappa shape index (κ2) is 27.3. The molecule has 0 aromatic rings. The number of allylic oxidation sites excluding steroid dienone is 2. The van der Waals surface area contributed by atoms with E-state index in [4.69, 9.17) is 9.84 Å². The van der Waals surface area contributed by atoms with Crippen LogP contribution in [0.2, 0.25) is 0 Å². The van der Waals surface area contributed by atoms with Gasteiger partial charge < -0.3 is 9.84 Å². The van der Waals surface area contributed by atoms with Gasteiger partial charge in [-0.1, -0.05) is 135 Å². The average Bonchev–Trinajstić information content (AvgIpc) is 2.84. The summed E-state index contributed by atoms with van der Waals surface area (Å²) >= 11 is 0. The molecule has 0 amide bonds. The van der Waals surface area contributed by atoms with E-state index >= 15 is 0 Å². The molecule has 1 unspecified atom stereocenters. The molecule has 0 aliphatic heterocycles. The zero-order valence-electron chi connectivity index (χ0n) is 23.4. The Morgan fingerprint density at radius 1 is 0.629 bits per heavy atom. The van der Waals surface area contributed by atoms with Crippen LogP contribution < -0.4 is 0 Å². The molecule has 0 heterocycles. The van der Waals surface area contributed by atoms with Gasteiger partial charge in [0.05, 0.1) is 18.9 Å². The molecular weight excluding hydrogens is 436 g/mol. The molecule has 0 spiro atoms. The normalized spacial score (nSPS) is 12.3. The van der Waals surface area contributed by atoms with Crippen LogP contribution >= 0.6 is 0 Å². The molecule has 0 rings (SSSR count). The number of unbranched alkanes of at least 4 members (excludes halogenated alkanes) is 18. The van der Waals surface area contributed by atoms with E-state index in [2.05, 4.69) is 19.1 Å². The van der Waals surface area contributed by atoms with Crippen LogP contribution in [0.4, 0.5) is 0 Å². The molecule has 35 heavy (non-hydrogen) atoms. The van der Waals surface area contributed by atoms with Gasteiger partial charge in [0.1, 0.15) is 0 Å². The largest absolute Gasteiger partial charge is 0.481 e. The standard InChI is InChI=1S/C31H58O4/c1-3-5-6-7-8-9-10-11-12-13-14-15-16-17-18-19-20-21-22-23-24-25-26-29(28-30(32)33)31(34)35-27-4-2/h23-24,29H,3-22,25-28H2,1-2H3,(H,32,33)/b24-23+. The van der Waals surface area contributed by atoms with Crippen molar-refractivity contribution < 1.29 is 19.4 Å². The van der Waals surface area contributed by atoms with Crippen molar-refractivity contribution in [3.63, 3.8) is 0 Å². The molecule has 4 nitrogen and oxygen atoms in total. The third kappa shape index (κ3) is 25.6. The van der Waals surface area contributed by atoms with Crippen LogP contribution in [0.1, 0.15) is 162 Å². The van der Waals surface area contributed by atoms with Crippen LogP contribution in [-0.2, 0) is 14.3 Å². The number of carbonyl (C=O) groups is 2. The molecule has 1 N–H and O–H groups in total. The number of carboxylic acid groups (broad SMARTS) is 1. The van der Waals surface area contributed by atoms with Gasteiger partial charge in [-0.15, -0.1) is 0 Å². The van der Waals surface area contributed by atoms with E-state index in [1.165, 1.54) is 116 Å². The zero-order valence-corrected chi connectivity index (χ0v) is 23.4. The van der Waals surface area contributed by atoms with Gasteiger partial charge in [-0.05, 0) is 32.1 Å².